The lowest BCUT2D eigenvalue weighted by atomic mass is 9.98. The third-order valence-electron chi connectivity index (χ3n) is 2.87. The fraction of sp³-hybridized carbons (Fsp3) is 0.0667. The number of carboxylic acid groups (broad SMARTS) is 1. The standard InChI is InChI=1S/C15H13NO4/c1-20-15(19)11-7-9(6-10(8-11)14(17)18)12-4-2-3-5-13(12)16/h2-8H,16H2,1H3,(H,17,18). The molecule has 102 valence electrons. The highest BCUT2D eigenvalue weighted by atomic mass is 16.5. The Morgan fingerprint density at radius 3 is 2.35 bits per heavy atom. The predicted molar refractivity (Wildman–Crippen MR) is 74.6 cm³/mol. The van der Waals surface area contributed by atoms with Gasteiger partial charge in [0, 0.05) is 11.3 Å². The van der Waals surface area contributed by atoms with Crippen LogP contribution in [0, 0.1) is 0 Å². The first-order valence-corrected chi connectivity index (χ1v) is 5.84. The van der Waals surface area contributed by atoms with Crippen LogP contribution in [-0.2, 0) is 4.74 Å². The molecule has 0 radical (unpaired) electrons. The molecule has 0 aliphatic rings. The zero-order valence-electron chi connectivity index (χ0n) is 10.8. The molecular formula is C15H13NO4. The third-order valence-corrected chi connectivity index (χ3v) is 2.87. The van der Waals surface area contributed by atoms with Crippen LogP contribution >= 0.6 is 0 Å². The van der Waals surface area contributed by atoms with Crippen LogP contribution < -0.4 is 5.73 Å². The maximum atomic E-state index is 11.6. The molecule has 0 unspecified atom stereocenters. The van der Waals surface area contributed by atoms with Gasteiger partial charge in [0.15, 0.2) is 0 Å². The lowest BCUT2D eigenvalue weighted by molar-refractivity contribution is 0.0601. The zero-order valence-corrected chi connectivity index (χ0v) is 10.8. The Kier molecular flexibility index (Phi) is 3.70. The highest BCUT2D eigenvalue weighted by Gasteiger charge is 2.14. The van der Waals surface area contributed by atoms with Gasteiger partial charge in [0.2, 0.25) is 0 Å². The molecule has 0 saturated heterocycles. The van der Waals surface area contributed by atoms with E-state index in [0.717, 1.165) is 0 Å². The molecule has 5 heteroatoms. The number of methoxy groups -OCH3 is 1. The van der Waals surface area contributed by atoms with Gasteiger partial charge in [-0.25, -0.2) is 9.59 Å². The summed E-state index contributed by atoms with van der Waals surface area (Å²) in [6.07, 6.45) is 0. The van der Waals surface area contributed by atoms with Crippen molar-refractivity contribution in [2.24, 2.45) is 0 Å². The molecule has 0 aliphatic heterocycles. The van der Waals surface area contributed by atoms with Crippen molar-refractivity contribution >= 4 is 17.6 Å². The summed E-state index contributed by atoms with van der Waals surface area (Å²) in [5.41, 5.74) is 7.78. The van der Waals surface area contributed by atoms with Gasteiger partial charge in [0.05, 0.1) is 18.2 Å². The average molecular weight is 271 g/mol. The second-order valence-electron chi connectivity index (χ2n) is 4.18. The van der Waals surface area contributed by atoms with Gasteiger partial charge < -0.3 is 15.6 Å². The Bertz CT molecular complexity index is 679. The molecule has 20 heavy (non-hydrogen) atoms. The molecule has 2 aromatic rings. The van der Waals surface area contributed by atoms with E-state index in [9.17, 15) is 9.59 Å². The number of hydrogen-bond acceptors (Lipinski definition) is 4. The van der Waals surface area contributed by atoms with E-state index < -0.39 is 11.9 Å². The lowest BCUT2D eigenvalue weighted by Gasteiger charge is -2.09. The number of carbonyl (C=O) groups excluding carboxylic acids is 1. The normalized spacial score (nSPS) is 10.1. The Labute approximate surface area is 115 Å². The summed E-state index contributed by atoms with van der Waals surface area (Å²) in [4.78, 5) is 22.8. The minimum absolute atomic E-state index is 0.00570. The first-order chi connectivity index (χ1) is 9.52. The van der Waals surface area contributed by atoms with E-state index in [4.69, 9.17) is 10.8 Å². The number of carbonyl (C=O) groups is 2. The minimum atomic E-state index is -1.12. The number of nitrogens with two attached hydrogens (primary N) is 1. The number of hydrogen-bond donors (Lipinski definition) is 2. The molecule has 0 saturated carbocycles. The molecule has 0 atom stereocenters. The van der Waals surface area contributed by atoms with Gasteiger partial charge in [-0.05, 0) is 29.8 Å². The van der Waals surface area contributed by atoms with E-state index in [2.05, 4.69) is 4.74 Å². The smallest absolute Gasteiger partial charge is 0.337 e. The molecule has 0 spiro atoms. The second-order valence-corrected chi connectivity index (χ2v) is 4.18. The molecule has 0 heterocycles. The monoisotopic (exact) mass is 271 g/mol. The summed E-state index contributed by atoms with van der Waals surface area (Å²) in [6, 6.07) is 11.3. The zero-order chi connectivity index (χ0) is 14.7. The molecule has 0 bridgehead atoms. The first kappa shape index (κ1) is 13.6. The van der Waals surface area contributed by atoms with Crippen molar-refractivity contribution in [1.29, 1.82) is 0 Å². The summed E-state index contributed by atoms with van der Waals surface area (Å²) in [7, 11) is 1.24. The number of benzene rings is 2. The SMILES string of the molecule is COC(=O)c1cc(C(=O)O)cc(-c2ccccc2N)c1. The molecule has 2 aromatic carbocycles. The molecule has 0 aliphatic carbocycles. The van der Waals surface area contributed by atoms with E-state index in [0.29, 0.717) is 16.8 Å². The molecule has 5 nitrogen and oxygen atoms in total. The summed E-state index contributed by atoms with van der Waals surface area (Å²) in [5.74, 6) is -1.71. The van der Waals surface area contributed by atoms with Gasteiger partial charge in [-0.15, -0.1) is 0 Å². The number of esters is 1. The van der Waals surface area contributed by atoms with Crippen LogP contribution in [0.1, 0.15) is 20.7 Å². The van der Waals surface area contributed by atoms with Gasteiger partial charge in [-0.2, -0.15) is 0 Å². The Hall–Kier alpha value is -2.82. The summed E-state index contributed by atoms with van der Waals surface area (Å²) >= 11 is 0. The van der Waals surface area contributed by atoms with Gasteiger partial charge >= 0.3 is 11.9 Å². The molecule has 0 aromatic heterocycles. The van der Waals surface area contributed by atoms with Crippen molar-refractivity contribution in [3.05, 3.63) is 53.6 Å². The van der Waals surface area contributed by atoms with Crippen molar-refractivity contribution in [2.75, 3.05) is 12.8 Å². The highest BCUT2D eigenvalue weighted by molar-refractivity contribution is 5.97. The number of aromatic carboxylic acids is 1. The number of nitrogen functional groups attached to an aromatic ring is 1. The minimum Gasteiger partial charge on any atom is -0.478 e. The Morgan fingerprint density at radius 2 is 1.75 bits per heavy atom. The van der Waals surface area contributed by atoms with Gasteiger partial charge in [0.1, 0.15) is 0 Å². The van der Waals surface area contributed by atoms with E-state index in [1.165, 1.54) is 19.2 Å². The lowest BCUT2D eigenvalue weighted by Crippen LogP contribution is -2.05. The average Bonchev–Trinajstić information content (AvgIpc) is 2.46. The second kappa shape index (κ2) is 5.44. The predicted octanol–water partition coefficient (Wildman–Crippen LogP) is 2.42. The van der Waals surface area contributed by atoms with Crippen LogP contribution in [0.4, 0.5) is 5.69 Å². The molecule has 2 rings (SSSR count). The number of para-hydroxylation sites is 1. The quantitative estimate of drug-likeness (QED) is 0.661. The van der Waals surface area contributed by atoms with Crippen LogP contribution in [0.3, 0.4) is 0 Å². The molecule has 3 N–H and O–H groups in total. The van der Waals surface area contributed by atoms with E-state index in [1.807, 2.05) is 0 Å². The van der Waals surface area contributed by atoms with Crippen LogP contribution in [0.15, 0.2) is 42.5 Å². The number of anilines is 1. The van der Waals surface area contributed by atoms with Gasteiger partial charge in [-0.3, -0.25) is 0 Å². The van der Waals surface area contributed by atoms with Crippen LogP contribution in [0.25, 0.3) is 11.1 Å². The Balaban J connectivity index is 2.64. The largest absolute Gasteiger partial charge is 0.478 e. The van der Waals surface area contributed by atoms with E-state index in [-0.39, 0.29) is 11.1 Å². The summed E-state index contributed by atoms with van der Waals surface area (Å²) in [5, 5.41) is 9.12. The van der Waals surface area contributed by atoms with Crippen molar-refractivity contribution in [3.8, 4) is 11.1 Å². The molecule has 0 fully saturated rings. The number of carboxylic acids is 1. The van der Waals surface area contributed by atoms with Gasteiger partial charge in [-0.1, -0.05) is 18.2 Å². The highest BCUT2D eigenvalue weighted by Crippen LogP contribution is 2.27. The van der Waals surface area contributed by atoms with E-state index >= 15 is 0 Å². The molecule has 0 amide bonds. The fourth-order valence-electron chi connectivity index (χ4n) is 1.90. The first-order valence-electron chi connectivity index (χ1n) is 5.84. The molecular weight excluding hydrogens is 258 g/mol. The van der Waals surface area contributed by atoms with Crippen LogP contribution in [-0.4, -0.2) is 24.2 Å². The van der Waals surface area contributed by atoms with Crippen molar-refractivity contribution in [3.63, 3.8) is 0 Å². The Morgan fingerprint density at radius 1 is 1.10 bits per heavy atom. The maximum absolute atomic E-state index is 11.6. The van der Waals surface area contributed by atoms with Crippen molar-refractivity contribution in [1.82, 2.24) is 0 Å². The number of rotatable bonds is 3. The number of ether oxygens (including phenoxy) is 1. The fourth-order valence-corrected chi connectivity index (χ4v) is 1.90. The van der Waals surface area contributed by atoms with Gasteiger partial charge in [0.25, 0.3) is 0 Å². The topological polar surface area (TPSA) is 89.6 Å². The van der Waals surface area contributed by atoms with Crippen molar-refractivity contribution < 1.29 is 19.4 Å². The third kappa shape index (κ3) is 2.61. The van der Waals surface area contributed by atoms with Crippen LogP contribution in [0.2, 0.25) is 0 Å². The van der Waals surface area contributed by atoms with E-state index in [1.54, 1.807) is 30.3 Å². The summed E-state index contributed by atoms with van der Waals surface area (Å²) < 4.78 is 4.63. The van der Waals surface area contributed by atoms with Crippen molar-refractivity contribution in [2.45, 2.75) is 0 Å². The maximum Gasteiger partial charge on any atom is 0.337 e. The van der Waals surface area contributed by atoms with Crippen LogP contribution in [0.5, 0.6) is 0 Å². The summed E-state index contributed by atoms with van der Waals surface area (Å²) in [6.45, 7) is 0.